The van der Waals surface area contributed by atoms with Crippen LogP contribution in [0, 0.1) is 25.6 Å². The van der Waals surface area contributed by atoms with Gasteiger partial charge < -0.3 is 5.11 Å². The number of nitrogens with zero attached hydrogens (tertiary/aromatic N) is 5. The minimum atomic E-state index is -0.967. The van der Waals surface area contributed by atoms with E-state index in [1.54, 1.807) is 0 Å². The summed E-state index contributed by atoms with van der Waals surface area (Å²) in [6.45, 7) is 0. The number of benzene rings is 1. The molecule has 0 unspecified atom stereocenters. The first-order chi connectivity index (χ1) is 9.41. The van der Waals surface area contributed by atoms with E-state index >= 15 is 0 Å². The lowest BCUT2D eigenvalue weighted by Crippen LogP contribution is -2.11. The number of rotatable bonds is 3. The van der Waals surface area contributed by atoms with E-state index in [1.165, 1.54) is 0 Å². The quantitative estimate of drug-likeness (QED) is 0.361. The van der Waals surface area contributed by atoms with Crippen molar-refractivity contribution in [2.75, 3.05) is 0 Å². The lowest BCUT2D eigenvalue weighted by atomic mass is 10.1. The SMILES string of the molecule is N=C(c1cc([N+](=O)[O-])cc([N+](=O)[O-])c1O)n1cnnc1. The molecule has 0 radical (unpaired) electrons. The number of hydrogen-bond acceptors (Lipinski definition) is 8. The Morgan fingerprint density at radius 1 is 1.20 bits per heavy atom. The van der Waals surface area contributed by atoms with Crippen molar-refractivity contribution in [2.45, 2.75) is 0 Å². The van der Waals surface area contributed by atoms with E-state index in [9.17, 15) is 25.3 Å². The normalized spacial score (nSPS) is 10.2. The van der Waals surface area contributed by atoms with Crippen LogP contribution >= 0.6 is 0 Å². The van der Waals surface area contributed by atoms with E-state index in [4.69, 9.17) is 5.41 Å². The summed E-state index contributed by atoms with van der Waals surface area (Å²) >= 11 is 0. The van der Waals surface area contributed by atoms with Gasteiger partial charge in [0.1, 0.15) is 18.5 Å². The summed E-state index contributed by atoms with van der Waals surface area (Å²) in [5.41, 5.74) is -1.83. The Labute approximate surface area is 109 Å². The molecule has 1 aromatic carbocycles. The minimum absolute atomic E-state index is 0.370. The third-order valence-corrected chi connectivity index (χ3v) is 2.41. The molecule has 2 rings (SSSR count). The maximum absolute atomic E-state index is 10.8. The number of aromatic hydroxyl groups is 1. The van der Waals surface area contributed by atoms with Gasteiger partial charge in [0.15, 0.2) is 0 Å². The lowest BCUT2D eigenvalue weighted by Gasteiger charge is -2.06. The van der Waals surface area contributed by atoms with Crippen molar-refractivity contribution < 1.29 is 15.0 Å². The number of non-ortho nitro benzene ring substituents is 1. The van der Waals surface area contributed by atoms with Crippen molar-refractivity contribution in [3.05, 3.63) is 50.6 Å². The zero-order valence-electron chi connectivity index (χ0n) is 9.63. The van der Waals surface area contributed by atoms with Gasteiger partial charge in [0.25, 0.3) is 5.69 Å². The van der Waals surface area contributed by atoms with E-state index in [2.05, 4.69) is 10.2 Å². The highest BCUT2D eigenvalue weighted by Crippen LogP contribution is 2.34. The first-order valence-corrected chi connectivity index (χ1v) is 5.01. The summed E-state index contributed by atoms with van der Waals surface area (Å²) in [7, 11) is 0. The van der Waals surface area contributed by atoms with Crippen molar-refractivity contribution in [1.82, 2.24) is 14.8 Å². The fourth-order valence-corrected chi connectivity index (χ4v) is 1.48. The highest BCUT2D eigenvalue weighted by molar-refractivity contribution is 6.02. The minimum Gasteiger partial charge on any atom is -0.502 e. The molecule has 0 aliphatic carbocycles. The van der Waals surface area contributed by atoms with Crippen LogP contribution in [-0.2, 0) is 0 Å². The predicted molar refractivity (Wildman–Crippen MR) is 63.7 cm³/mol. The Hall–Kier alpha value is -3.37. The second kappa shape index (κ2) is 4.72. The summed E-state index contributed by atoms with van der Waals surface area (Å²) in [6.07, 6.45) is 2.24. The molecular weight excluding hydrogens is 272 g/mol. The summed E-state index contributed by atoms with van der Waals surface area (Å²) in [6, 6.07) is 1.49. The van der Waals surface area contributed by atoms with Crippen LogP contribution in [0.15, 0.2) is 24.8 Å². The van der Waals surface area contributed by atoms with Crippen molar-refractivity contribution in [3.63, 3.8) is 0 Å². The number of nitrogens with one attached hydrogen (secondary N) is 1. The van der Waals surface area contributed by atoms with Gasteiger partial charge in [-0.05, 0) is 0 Å². The Bertz CT molecular complexity index is 710. The van der Waals surface area contributed by atoms with Gasteiger partial charge in [0.05, 0.1) is 21.5 Å². The van der Waals surface area contributed by atoms with E-state index in [1.807, 2.05) is 0 Å². The van der Waals surface area contributed by atoms with Crippen LogP contribution in [0.25, 0.3) is 0 Å². The first kappa shape index (κ1) is 13.1. The van der Waals surface area contributed by atoms with Gasteiger partial charge in [-0.2, -0.15) is 0 Å². The Kier molecular flexibility index (Phi) is 3.08. The van der Waals surface area contributed by atoms with Crippen molar-refractivity contribution >= 4 is 17.2 Å². The van der Waals surface area contributed by atoms with Gasteiger partial charge in [-0.25, -0.2) is 0 Å². The second-order valence-electron chi connectivity index (χ2n) is 3.59. The maximum atomic E-state index is 10.8. The number of phenolic OH excluding ortho intramolecular Hbond substituents is 1. The molecule has 2 N–H and O–H groups in total. The van der Waals surface area contributed by atoms with E-state index in [-0.39, 0.29) is 5.56 Å². The van der Waals surface area contributed by atoms with Crippen LogP contribution in [0.2, 0.25) is 0 Å². The highest BCUT2D eigenvalue weighted by Gasteiger charge is 2.26. The van der Waals surface area contributed by atoms with Crippen molar-refractivity contribution in [1.29, 1.82) is 5.41 Å². The third-order valence-electron chi connectivity index (χ3n) is 2.41. The Balaban J connectivity index is 2.65. The molecule has 102 valence electrons. The molecule has 0 atom stereocenters. The molecular formula is C9H6N6O5. The average Bonchev–Trinajstić information content (AvgIpc) is 2.91. The van der Waals surface area contributed by atoms with E-state index < -0.39 is 32.8 Å². The molecule has 0 bridgehead atoms. The zero-order valence-corrected chi connectivity index (χ0v) is 9.63. The van der Waals surface area contributed by atoms with Crippen LogP contribution in [-0.4, -0.2) is 35.6 Å². The smallest absolute Gasteiger partial charge is 0.318 e. The maximum Gasteiger partial charge on any atom is 0.318 e. The van der Waals surface area contributed by atoms with Crippen LogP contribution in [0.1, 0.15) is 5.56 Å². The summed E-state index contributed by atoms with van der Waals surface area (Å²) in [5, 5.41) is 46.0. The molecule has 0 spiro atoms. The molecule has 11 nitrogen and oxygen atoms in total. The van der Waals surface area contributed by atoms with Crippen molar-refractivity contribution in [3.8, 4) is 5.75 Å². The van der Waals surface area contributed by atoms with Crippen molar-refractivity contribution in [2.24, 2.45) is 0 Å². The van der Waals surface area contributed by atoms with Gasteiger partial charge >= 0.3 is 5.69 Å². The van der Waals surface area contributed by atoms with Gasteiger partial charge in [0, 0.05) is 6.07 Å². The molecule has 2 aromatic rings. The number of aromatic nitrogens is 3. The number of phenols is 1. The van der Waals surface area contributed by atoms with Gasteiger partial charge in [-0.1, -0.05) is 0 Å². The molecule has 0 aliphatic heterocycles. The van der Waals surface area contributed by atoms with Gasteiger partial charge in [-0.3, -0.25) is 30.2 Å². The van der Waals surface area contributed by atoms with Crippen LogP contribution in [0.4, 0.5) is 11.4 Å². The first-order valence-electron chi connectivity index (χ1n) is 5.01. The lowest BCUT2D eigenvalue weighted by molar-refractivity contribution is -0.394. The van der Waals surface area contributed by atoms with Crippen LogP contribution < -0.4 is 0 Å². The predicted octanol–water partition coefficient (Wildman–Crippen LogP) is 0.674. The fourth-order valence-electron chi connectivity index (χ4n) is 1.48. The molecule has 0 saturated carbocycles. The van der Waals surface area contributed by atoms with E-state index in [0.717, 1.165) is 23.3 Å². The average molecular weight is 278 g/mol. The topological polar surface area (TPSA) is 161 Å². The third kappa shape index (κ3) is 2.14. The fraction of sp³-hybridized carbons (Fsp3) is 0. The molecule has 0 saturated heterocycles. The summed E-state index contributed by atoms with van der Waals surface area (Å²) in [5.74, 6) is -1.27. The zero-order chi connectivity index (χ0) is 14.9. The Morgan fingerprint density at radius 2 is 1.80 bits per heavy atom. The second-order valence-corrected chi connectivity index (χ2v) is 3.59. The van der Waals surface area contributed by atoms with E-state index in [0.29, 0.717) is 6.07 Å². The molecule has 11 heteroatoms. The molecule has 0 aliphatic rings. The van der Waals surface area contributed by atoms with Gasteiger partial charge in [0.2, 0.25) is 5.75 Å². The molecule has 0 amide bonds. The Morgan fingerprint density at radius 3 is 2.30 bits per heavy atom. The number of hydrogen-bond donors (Lipinski definition) is 2. The standard InChI is InChI=1S/C9H6N6O5/c10-9(13-3-11-12-4-13)6-1-5(14(17)18)2-7(8(6)16)15(19)20/h1-4,10,16H. The molecule has 20 heavy (non-hydrogen) atoms. The number of nitro groups is 2. The highest BCUT2D eigenvalue weighted by atomic mass is 16.6. The number of nitro benzene ring substituents is 2. The monoisotopic (exact) mass is 278 g/mol. The molecule has 1 aromatic heterocycles. The van der Waals surface area contributed by atoms with Crippen LogP contribution in [0.3, 0.4) is 0 Å². The summed E-state index contributed by atoms with van der Waals surface area (Å²) in [4.78, 5) is 19.7. The summed E-state index contributed by atoms with van der Waals surface area (Å²) < 4.78 is 1.04. The van der Waals surface area contributed by atoms with Crippen LogP contribution in [0.5, 0.6) is 5.75 Å². The largest absolute Gasteiger partial charge is 0.502 e. The molecule has 0 fully saturated rings. The molecule has 1 heterocycles. The van der Waals surface area contributed by atoms with Gasteiger partial charge in [-0.15, -0.1) is 10.2 Å².